The molecule has 0 aliphatic carbocycles. The van der Waals surface area contributed by atoms with Gasteiger partial charge in [-0.05, 0) is 33.0 Å². The highest BCUT2D eigenvalue weighted by molar-refractivity contribution is 5.25. The molecular weight excluding hydrogens is 164 g/mol. The Labute approximate surface area is 79.1 Å². The highest BCUT2D eigenvalue weighted by Gasteiger charge is 2.04. The Morgan fingerprint density at radius 1 is 1.62 bits per heavy atom. The summed E-state index contributed by atoms with van der Waals surface area (Å²) >= 11 is 0. The van der Waals surface area contributed by atoms with Crippen LogP contribution in [0.4, 0.5) is 0 Å². The highest BCUT2D eigenvalue weighted by Crippen LogP contribution is 2.14. The molecule has 0 aliphatic rings. The van der Waals surface area contributed by atoms with Crippen LogP contribution in [0.25, 0.3) is 0 Å². The molecule has 1 unspecified atom stereocenters. The largest absolute Gasteiger partial charge is 0.487 e. The lowest BCUT2D eigenvalue weighted by Gasteiger charge is -2.14. The van der Waals surface area contributed by atoms with Crippen molar-refractivity contribution in [2.75, 3.05) is 13.6 Å². The zero-order valence-corrected chi connectivity index (χ0v) is 8.37. The number of rotatable bonds is 4. The molecule has 0 radical (unpaired) electrons. The summed E-state index contributed by atoms with van der Waals surface area (Å²) in [6, 6.07) is 3.82. The number of ether oxygens (including phenoxy) is 1. The van der Waals surface area contributed by atoms with E-state index >= 15 is 0 Å². The molecule has 3 heteroatoms. The predicted octanol–water partition coefficient (Wildman–Crippen LogP) is 1.38. The lowest BCUT2D eigenvalue weighted by molar-refractivity contribution is 0.218. The summed E-state index contributed by atoms with van der Waals surface area (Å²) in [6.45, 7) is 4.82. The third-order valence-corrected chi connectivity index (χ3v) is 1.78. The molecule has 0 aromatic carbocycles. The minimum absolute atomic E-state index is 0.174. The summed E-state index contributed by atoms with van der Waals surface area (Å²) < 4.78 is 5.66. The lowest BCUT2D eigenvalue weighted by Crippen LogP contribution is -2.26. The molecule has 1 N–H and O–H groups in total. The number of likely N-dealkylation sites (N-methyl/N-ethyl adjacent to an activating group) is 1. The van der Waals surface area contributed by atoms with Crippen LogP contribution in [0.3, 0.4) is 0 Å². The van der Waals surface area contributed by atoms with Crippen LogP contribution in [0.15, 0.2) is 18.3 Å². The lowest BCUT2D eigenvalue weighted by atomic mass is 10.3. The van der Waals surface area contributed by atoms with Crippen molar-refractivity contribution in [1.82, 2.24) is 10.3 Å². The Hall–Kier alpha value is -1.09. The average Bonchev–Trinajstić information content (AvgIpc) is 2.09. The number of aromatic nitrogens is 1. The number of hydrogen-bond donors (Lipinski definition) is 1. The minimum Gasteiger partial charge on any atom is -0.487 e. The fraction of sp³-hybridized carbons (Fsp3) is 0.500. The minimum atomic E-state index is 0.174. The van der Waals surface area contributed by atoms with E-state index in [9.17, 15) is 0 Å². The molecule has 0 bridgehead atoms. The first-order valence-corrected chi connectivity index (χ1v) is 4.47. The monoisotopic (exact) mass is 180 g/mol. The number of pyridine rings is 1. The first-order valence-electron chi connectivity index (χ1n) is 4.47. The van der Waals surface area contributed by atoms with Crippen LogP contribution in [-0.4, -0.2) is 24.7 Å². The second-order valence-corrected chi connectivity index (χ2v) is 3.07. The molecule has 1 rings (SSSR count). The summed E-state index contributed by atoms with van der Waals surface area (Å²) in [5.74, 6) is 0.866. The van der Waals surface area contributed by atoms with Gasteiger partial charge in [0.1, 0.15) is 11.9 Å². The smallest absolute Gasteiger partial charge is 0.140 e. The number of nitrogens with one attached hydrogen (secondary N) is 1. The molecule has 13 heavy (non-hydrogen) atoms. The molecule has 0 spiro atoms. The predicted molar refractivity (Wildman–Crippen MR) is 53.0 cm³/mol. The van der Waals surface area contributed by atoms with E-state index in [1.165, 1.54) is 0 Å². The van der Waals surface area contributed by atoms with Crippen molar-refractivity contribution in [3.8, 4) is 5.75 Å². The van der Waals surface area contributed by atoms with Gasteiger partial charge in [-0.15, -0.1) is 0 Å². The Morgan fingerprint density at radius 2 is 2.38 bits per heavy atom. The Bertz CT molecular complexity index is 263. The number of aryl methyl sites for hydroxylation is 1. The van der Waals surface area contributed by atoms with Crippen LogP contribution >= 0.6 is 0 Å². The maximum absolute atomic E-state index is 5.66. The quantitative estimate of drug-likeness (QED) is 0.760. The van der Waals surface area contributed by atoms with E-state index in [-0.39, 0.29) is 6.10 Å². The number of nitrogens with zero attached hydrogens (tertiary/aromatic N) is 1. The van der Waals surface area contributed by atoms with Crippen LogP contribution in [0.2, 0.25) is 0 Å². The van der Waals surface area contributed by atoms with Crippen molar-refractivity contribution >= 4 is 0 Å². The van der Waals surface area contributed by atoms with E-state index in [2.05, 4.69) is 10.3 Å². The van der Waals surface area contributed by atoms with Gasteiger partial charge in [0, 0.05) is 12.7 Å². The second kappa shape index (κ2) is 4.82. The van der Waals surface area contributed by atoms with Gasteiger partial charge in [0.05, 0.1) is 5.69 Å². The first-order chi connectivity index (χ1) is 6.24. The van der Waals surface area contributed by atoms with E-state index in [1.807, 2.05) is 33.0 Å². The summed E-state index contributed by atoms with van der Waals surface area (Å²) in [7, 11) is 1.91. The third-order valence-electron chi connectivity index (χ3n) is 1.78. The van der Waals surface area contributed by atoms with Gasteiger partial charge in [0.25, 0.3) is 0 Å². The zero-order valence-electron chi connectivity index (χ0n) is 8.37. The van der Waals surface area contributed by atoms with Gasteiger partial charge in [0.2, 0.25) is 0 Å². The Balaban J connectivity index is 2.58. The van der Waals surface area contributed by atoms with Crippen molar-refractivity contribution in [2.45, 2.75) is 20.0 Å². The van der Waals surface area contributed by atoms with E-state index in [0.29, 0.717) is 0 Å². The van der Waals surface area contributed by atoms with Crippen LogP contribution in [0.5, 0.6) is 5.75 Å². The summed E-state index contributed by atoms with van der Waals surface area (Å²) in [4.78, 5) is 4.15. The molecule has 0 amide bonds. The van der Waals surface area contributed by atoms with Crippen molar-refractivity contribution < 1.29 is 4.74 Å². The maximum Gasteiger partial charge on any atom is 0.140 e. The first kappa shape index (κ1) is 9.99. The third kappa shape index (κ3) is 3.03. The van der Waals surface area contributed by atoms with Gasteiger partial charge in [-0.1, -0.05) is 0 Å². The maximum atomic E-state index is 5.66. The summed E-state index contributed by atoms with van der Waals surface area (Å²) in [5.41, 5.74) is 0.936. The standard InChI is InChI=1S/C10H16N2O/c1-8(7-11-3)13-10-5-4-6-12-9(10)2/h4-6,8,11H,7H2,1-3H3. The fourth-order valence-electron chi connectivity index (χ4n) is 1.14. The van der Waals surface area contributed by atoms with Gasteiger partial charge in [-0.3, -0.25) is 4.98 Å². The fourth-order valence-corrected chi connectivity index (χ4v) is 1.14. The van der Waals surface area contributed by atoms with Crippen molar-refractivity contribution in [2.24, 2.45) is 0 Å². The molecule has 0 saturated heterocycles. The van der Waals surface area contributed by atoms with Crippen molar-refractivity contribution in [3.63, 3.8) is 0 Å². The molecule has 72 valence electrons. The van der Waals surface area contributed by atoms with Gasteiger partial charge in [0.15, 0.2) is 0 Å². The van der Waals surface area contributed by atoms with Gasteiger partial charge < -0.3 is 10.1 Å². The van der Waals surface area contributed by atoms with Crippen molar-refractivity contribution in [1.29, 1.82) is 0 Å². The topological polar surface area (TPSA) is 34.1 Å². The normalized spacial score (nSPS) is 12.5. The van der Waals surface area contributed by atoms with E-state index < -0.39 is 0 Å². The SMILES string of the molecule is CNCC(C)Oc1cccnc1C. The van der Waals surface area contributed by atoms with Gasteiger partial charge in [-0.2, -0.15) is 0 Å². The Kier molecular flexibility index (Phi) is 3.71. The average molecular weight is 180 g/mol. The van der Waals surface area contributed by atoms with Gasteiger partial charge >= 0.3 is 0 Å². The van der Waals surface area contributed by atoms with E-state index in [1.54, 1.807) is 6.20 Å². The van der Waals surface area contributed by atoms with Crippen molar-refractivity contribution in [3.05, 3.63) is 24.0 Å². The molecule has 0 saturated carbocycles. The second-order valence-electron chi connectivity index (χ2n) is 3.07. The molecule has 1 heterocycles. The molecular formula is C10H16N2O. The molecule has 0 fully saturated rings. The number of hydrogen-bond acceptors (Lipinski definition) is 3. The van der Waals surface area contributed by atoms with E-state index in [0.717, 1.165) is 18.0 Å². The summed E-state index contributed by atoms with van der Waals surface area (Å²) in [6.07, 6.45) is 1.94. The van der Waals surface area contributed by atoms with Gasteiger partial charge in [-0.25, -0.2) is 0 Å². The summed E-state index contributed by atoms with van der Waals surface area (Å²) in [5, 5.41) is 3.06. The molecule has 0 aliphatic heterocycles. The Morgan fingerprint density at radius 3 is 3.00 bits per heavy atom. The molecule has 3 nitrogen and oxygen atoms in total. The molecule has 1 aromatic heterocycles. The highest BCUT2D eigenvalue weighted by atomic mass is 16.5. The van der Waals surface area contributed by atoms with E-state index in [4.69, 9.17) is 4.74 Å². The van der Waals surface area contributed by atoms with Crippen LogP contribution < -0.4 is 10.1 Å². The van der Waals surface area contributed by atoms with Crippen LogP contribution in [-0.2, 0) is 0 Å². The molecule has 1 aromatic rings. The van der Waals surface area contributed by atoms with Crippen LogP contribution in [0, 0.1) is 6.92 Å². The molecule has 1 atom stereocenters. The zero-order chi connectivity index (χ0) is 9.68. The van der Waals surface area contributed by atoms with Crippen LogP contribution in [0.1, 0.15) is 12.6 Å².